The summed E-state index contributed by atoms with van der Waals surface area (Å²) in [7, 11) is -2.67. The summed E-state index contributed by atoms with van der Waals surface area (Å²) in [6, 6.07) is 31.9. The molecule has 4 rings (SSSR count). The molecule has 0 aliphatic heterocycles. The summed E-state index contributed by atoms with van der Waals surface area (Å²) in [4.78, 5) is 0. The van der Waals surface area contributed by atoms with E-state index in [1.54, 1.807) is 0 Å². The Labute approximate surface area is 248 Å². The van der Waals surface area contributed by atoms with E-state index in [0.29, 0.717) is 26.4 Å². The normalized spacial score (nSPS) is 18.6. The van der Waals surface area contributed by atoms with Crippen LogP contribution in [0.15, 0.2) is 103 Å². The quantitative estimate of drug-likeness (QED) is 0.153. The van der Waals surface area contributed by atoms with Crippen LogP contribution in [-0.2, 0) is 25.2 Å². The first-order valence-electron chi connectivity index (χ1n) is 15.1. The van der Waals surface area contributed by atoms with Crippen LogP contribution in [0.5, 0.6) is 0 Å². The highest BCUT2D eigenvalue weighted by Crippen LogP contribution is 2.37. The van der Waals surface area contributed by atoms with Crippen LogP contribution in [0.3, 0.4) is 0 Å². The van der Waals surface area contributed by atoms with Crippen molar-refractivity contribution in [3.8, 4) is 0 Å². The van der Waals surface area contributed by atoms with Gasteiger partial charge in [0.05, 0.1) is 38.6 Å². The molecular weight excluding hydrogens is 524 g/mol. The third-order valence-corrected chi connectivity index (χ3v) is 12.9. The average Bonchev–Trinajstić information content (AvgIpc) is 2.98. The molecular formula is C36H48O4Si. The first-order chi connectivity index (χ1) is 19.8. The van der Waals surface area contributed by atoms with Gasteiger partial charge < -0.3 is 18.6 Å². The predicted molar refractivity (Wildman–Crippen MR) is 171 cm³/mol. The number of hydrogen-bond acceptors (Lipinski definition) is 4. The lowest BCUT2D eigenvalue weighted by molar-refractivity contribution is -0.0879. The second kappa shape index (κ2) is 15.1. The van der Waals surface area contributed by atoms with Gasteiger partial charge in [0.1, 0.15) is 6.10 Å². The molecule has 1 fully saturated rings. The second-order valence-electron chi connectivity index (χ2n) is 12.4. The number of hydrogen-bond donors (Lipinski definition) is 0. The summed E-state index contributed by atoms with van der Waals surface area (Å²) >= 11 is 0. The molecule has 5 heteroatoms. The summed E-state index contributed by atoms with van der Waals surface area (Å²) in [5.41, 5.74) is 2.21. The van der Waals surface area contributed by atoms with Crippen molar-refractivity contribution in [2.45, 2.75) is 83.3 Å². The smallest absolute Gasteiger partial charge is 0.261 e. The van der Waals surface area contributed by atoms with Crippen molar-refractivity contribution < 1.29 is 18.6 Å². The van der Waals surface area contributed by atoms with E-state index in [4.69, 9.17) is 18.6 Å². The van der Waals surface area contributed by atoms with Gasteiger partial charge >= 0.3 is 0 Å². The summed E-state index contributed by atoms with van der Waals surface area (Å²) < 4.78 is 26.3. The first kappa shape index (κ1) is 31.4. The Hall–Kier alpha value is -2.54. The molecule has 0 radical (unpaired) electrons. The largest absolute Gasteiger partial charge is 0.405 e. The minimum absolute atomic E-state index is 0.0951. The molecule has 1 aliphatic rings. The molecule has 1 saturated carbocycles. The van der Waals surface area contributed by atoms with Crippen LogP contribution in [0, 0.1) is 0 Å². The Morgan fingerprint density at radius 2 is 1.34 bits per heavy atom. The first-order valence-corrected chi connectivity index (χ1v) is 17.0. The molecule has 0 N–H and O–H groups in total. The molecule has 220 valence electrons. The van der Waals surface area contributed by atoms with Gasteiger partial charge in [-0.15, -0.1) is 0 Å². The van der Waals surface area contributed by atoms with Crippen molar-refractivity contribution >= 4 is 18.7 Å². The van der Waals surface area contributed by atoms with Gasteiger partial charge in [0.2, 0.25) is 0 Å². The van der Waals surface area contributed by atoms with Crippen LogP contribution >= 0.6 is 0 Å². The van der Waals surface area contributed by atoms with Gasteiger partial charge in [0, 0.05) is 0 Å². The number of ether oxygens (including phenoxy) is 3. The van der Waals surface area contributed by atoms with Gasteiger partial charge in [-0.1, -0.05) is 124 Å². The molecule has 1 aliphatic carbocycles. The highest BCUT2D eigenvalue weighted by Gasteiger charge is 2.50. The van der Waals surface area contributed by atoms with Crippen molar-refractivity contribution in [2.75, 3.05) is 19.8 Å². The number of rotatable bonds is 14. The fraction of sp³-hybridized carbons (Fsp3) is 0.444. The molecule has 0 heterocycles. The zero-order valence-electron chi connectivity index (χ0n) is 25.4. The van der Waals surface area contributed by atoms with E-state index in [9.17, 15) is 0 Å². The van der Waals surface area contributed by atoms with Crippen LogP contribution in [-0.4, -0.2) is 46.4 Å². The van der Waals surface area contributed by atoms with Gasteiger partial charge in [-0.2, -0.15) is 0 Å². The maximum atomic E-state index is 7.19. The molecule has 0 unspecified atom stereocenters. The molecule has 3 aromatic rings. The van der Waals surface area contributed by atoms with Crippen molar-refractivity contribution in [1.82, 2.24) is 0 Å². The minimum Gasteiger partial charge on any atom is -0.405 e. The lowest BCUT2D eigenvalue weighted by Gasteiger charge is -2.43. The summed E-state index contributed by atoms with van der Waals surface area (Å²) in [6.07, 6.45) is 4.34. The summed E-state index contributed by atoms with van der Waals surface area (Å²) in [5, 5.41) is 2.44. The van der Waals surface area contributed by atoms with Crippen molar-refractivity contribution in [2.24, 2.45) is 0 Å². The second-order valence-corrected chi connectivity index (χ2v) is 16.7. The molecule has 0 bridgehead atoms. The van der Waals surface area contributed by atoms with Crippen LogP contribution in [0.25, 0.3) is 0 Å². The molecule has 0 saturated heterocycles. The van der Waals surface area contributed by atoms with Gasteiger partial charge in [-0.05, 0) is 53.6 Å². The van der Waals surface area contributed by atoms with E-state index < -0.39 is 8.32 Å². The Bertz CT molecular complexity index is 1140. The third-order valence-electron chi connectivity index (χ3n) is 7.89. The van der Waals surface area contributed by atoms with Crippen LogP contribution < -0.4 is 10.4 Å². The zero-order valence-corrected chi connectivity index (χ0v) is 26.4. The zero-order chi connectivity index (χ0) is 29.1. The Balaban J connectivity index is 1.45. The van der Waals surface area contributed by atoms with E-state index in [-0.39, 0.29) is 23.4 Å². The molecule has 4 nitrogen and oxygen atoms in total. The topological polar surface area (TPSA) is 36.9 Å². The van der Waals surface area contributed by atoms with Crippen molar-refractivity contribution in [3.05, 3.63) is 109 Å². The molecule has 0 aromatic heterocycles. The van der Waals surface area contributed by atoms with E-state index in [1.165, 1.54) is 15.9 Å². The molecule has 0 amide bonds. The third kappa shape index (κ3) is 8.73. The van der Waals surface area contributed by atoms with Crippen molar-refractivity contribution in [1.29, 1.82) is 0 Å². The molecule has 41 heavy (non-hydrogen) atoms. The van der Waals surface area contributed by atoms with E-state index in [2.05, 4.69) is 112 Å². The lowest BCUT2D eigenvalue weighted by Crippen LogP contribution is -2.67. The van der Waals surface area contributed by atoms with Crippen molar-refractivity contribution in [3.63, 3.8) is 0 Å². The monoisotopic (exact) mass is 572 g/mol. The summed E-state index contributed by atoms with van der Waals surface area (Å²) in [6.45, 7) is 15.1. The lowest BCUT2D eigenvalue weighted by atomic mass is 9.95. The van der Waals surface area contributed by atoms with Gasteiger partial charge in [0.25, 0.3) is 8.32 Å². The molecule has 0 spiro atoms. The maximum absolute atomic E-state index is 7.19. The predicted octanol–water partition coefficient (Wildman–Crippen LogP) is 7.07. The summed E-state index contributed by atoms with van der Waals surface area (Å²) in [5.74, 6) is 0. The van der Waals surface area contributed by atoms with E-state index in [1.807, 2.05) is 13.0 Å². The fourth-order valence-corrected chi connectivity index (χ4v) is 10.4. The van der Waals surface area contributed by atoms with Gasteiger partial charge in [-0.3, -0.25) is 0 Å². The van der Waals surface area contributed by atoms with Crippen LogP contribution in [0.4, 0.5) is 0 Å². The van der Waals surface area contributed by atoms with Gasteiger partial charge in [-0.25, -0.2) is 0 Å². The maximum Gasteiger partial charge on any atom is 0.261 e. The molecule has 3 aromatic carbocycles. The Morgan fingerprint density at radius 3 is 1.88 bits per heavy atom. The average molecular weight is 573 g/mol. The SMILES string of the molecule is C=C(C)CO[C@@H](CO[C@H]1CCC[C@@H](OCc2ccccc2)C1)CO[Si](c1ccccc1)(c1ccccc1)C(C)(C)C. The van der Waals surface area contributed by atoms with Crippen LogP contribution in [0.2, 0.25) is 5.04 Å². The van der Waals surface area contributed by atoms with E-state index >= 15 is 0 Å². The number of benzene rings is 3. The highest BCUT2D eigenvalue weighted by atomic mass is 28.4. The minimum atomic E-state index is -2.67. The fourth-order valence-electron chi connectivity index (χ4n) is 5.82. The van der Waals surface area contributed by atoms with Crippen LogP contribution in [0.1, 0.15) is 58.9 Å². The van der Waals surface area contributed by atoms with E-state index in [0.717, 1.165) is 31.3 Å². The standard InChI is InChI=1S/C36H48O4Si/c1-29(2)25-37-33(27-39-32-19-15-18-31(24-32)38-26-30-16-9-6-10-17-30)28-40-41(36(3,4)5,34-20-11-7-12-21-34)35-22-13-8-14-23-35/h6-14,16-17,20-23,31-33H,1,15,18-19,24-28H2,2-5H3/t31-,32+,33+/m1/s1. The highest BCUT2D eigenvalue weighted by molar-refractivity contribution is 6.99. The Kier molecular flexibility index (Phi) is 11.5. The Morgan fingerprint density at radius 1 is 0.805 bits per heavy atom. The van der Waals surface area contributed by atoms with Gasteiger partial charge in [0.15, 0.2) is 0 Å². The molecule has 3 atom stereocenters.